The van der Waals surface area contributed by atoms with Gasteiger partial charge in [-0.1, -0.05) is 24.4 Å². The van der Waals surface area contributed by atoms with Crippen molar-refractivity contribution in [1.82, 2.24) is 21.3 Å². The maximum absolute atomic E-state index is 12.9. The van der Waals surface area contributed by atoms with E-state index in [4.69, 9.17) is 18.1 Å². The van der Waals surface area contributed by atoms with Crippen molar-refractivity contribution in [2.24, 2.45) is 5.90 Å². The first kappa shape index (κ1) is 29.9. The van der Waals surface area contributed by atoms with Crippen LogP contribution in [0.4, 0.5) is 0 Å². The highest BCUT2D eigenvalue weighted by atomic mass is 32.1. The van der Waals surface area contributed by atoms with Crippen LogP contribution in [-0.2, 0) is 30.6 Å². The Bertz CT molecular complexity index is 880. The minimum atomic E-state index is -0.941. The Morgan fingerprint density at radius 1 is 0.971 bits per heavy atom. The van der Waals surface area contributed by atoms with Crippen LogP contribution in [0.15, 0.2) is 24.3 Å². The van der Waals surface area contributed by atoms with Crippen LogP contribution in [0.25, 0.3) is 0 Å². The number of carbonyl (C=O) groups excluding carboxylic acids is 4. The first-order valence-electron chi connectivity index (χ1n) is 11.2. The van der Waals surface area contributed by atoms with Gasteiger partial charge in [0.25, 0.3) is 5.91 Å². The third-order valence-electron chi connectivity index (χ3n) is 5.05. The van der Waals surface area contributed by atoms with E-state index in [1.54, 1.807) is 31.2 Å². The highest BCUT2D eigenvalue weighted by Crippen LogP contribution is 2.08. The van der Waals surface area contributed by atoms with Crippen molar-refractivity contribution < 1.29 is 28.8 Å². The molecule has 194 valence electrons. The van der Waals surface area contributed by atoms with E-state index in [0.29, 0.717) is 29.9 Å². The molecule has 0 aliphatic rings. The second kappa shape index (κ2) is 15.7. The molecule has 1 aromatic carbocycles. The molecule has 0 saturated heterocycles. The summed E-state index contributed by atoms with van der Waals surface area (Å²) in [5, 5.41) is 10.9. The summed E-state index contributed by atoms with van der Waals surface area (Å²) in [5.41, 5.74) is 1.15. The number of hydrogen-bond donors (Lipinski definition) is 5. The van der Waals surface area contributed by atoms with Gasteiger partial charge in [0.2, 0.25) is 11.8 Å². The van der Waals surface area contributed by atoms with E-state index in [0.717, 1.165) is 12.0 Å². The van der Waals surface area contributed by atoms with Gasteiger partial charge in [0.05, 0.1) is 18.7 Å². The number of esters is 1. The monoisotopic (exact) mass is 509 g/mol. The number of unbranched alkanes of at least 4 members (excludes halogenated alkanes) is 1. The fourth-order valence-electron chi connectivity index (χ4n) is 3.05. The number of nitrogens with one attached hydrogen (secondary N) is 4. The molecule has 3 atom stereocenters. The molecule has 11 nitrogen and oxygen atoms in total. The molecule has 35 heavy (non-hydrogen) atoms. The van der Waals surface area contributed by atoms with Gasteiger partial charge in [-0.15, -0.1) is 0 Å². The summed E-state index contributed by atoms with van der Waals surface area (Å²) in [4.78, 5) is 54.9. The zero-order valence-corrected chi connectivity index (χ0v) is 21.3. The first-order valence-corrected chi connectivity index (χ1v) is 11.6. The summed E-state index contributed by atoms with van der Waals surface area (Å²) in [7, 11) is 1.21. The zero-order valence-electron chi connectivity index (χ0n) is 20.5. The van der Waals surface area contributed by atoms with Gasteiger partial charge in [-0.25, -0.2) is 10.7 Å². The molecule has 0 bridgehead atoms. The summed E-state index contributed by atoms with van der Waals surface area (Å²) in [6.45, 7) is 5.59. The lowest BCUT2D eigenvalue weighted by Crippen LogP contribution is -2.54. The second-order valence-corrected chi connectivity index (χ2v) is 8.61. The smallest absolute Gasteiger partial charge is 0.328 e. The van der Waals surface area contributed by atoms with Gasteiger partial charge in [-0.05, 0) is 57.7 Å². The molecule has 1 aromatic rings. The largest absolute Gasteiger partial charge is 0.467 e. The molecule has 0 aliphatic carbocycles. The molecular weight excluding hydrogens is 474 g/mol. The molecule has 0 fully saturated rings. The summed E-state index contributed by atoms with van der Waals surface area (Å²) in [6, 6.07) is 3.92. The van der Waals surface area contributed by atoms with Crippen LogP contribution in [-0.4, -0.2) is 60.5 Å². The van der Waals surface area contributed by atoms with Crippen LogP contribution >= 0.6 is 12.2 Å². The molecule has 0 saturated carbocycles. The summed E-state index contributed by atoms with van der Waals surface area (Å²) in [5.74, 6) is 2.95. The summed E-state index contributed by atoms with van der Waals surface area (Å²) in [6.07, 6.45) is 1.70. The molecule has 0 spiro atoms. The molecule has 0 aromatic heterocycles. The fourth-order valence-corrected chi connectivity index (χ4v) is 3.15. The lowest BCUT2D eigenvalue weighted by atomic mass is 10.1. The number of ether oxygens (including phenoxy) is 1. The van der Waals surface area contributed by atoms with Crippen molar-refractivity contribution in [3.05, 3.63) is 35.4 Å². The van der Waals surface area contributed by atoms with E-state index in [1.807, 2.05) is 0 Å². The predicted octanol–water partition coefficient (Wildman–Crippen LogP) is 0.465. The highest BCUT2D eigenvalue weighted by molar-refractivity contribution is 7.80. The Kier molecular flexibility index (Phi) is 13.5. The third-order valence-corrected chi connectivity index (χ3v) is 5.19. The average Bonchev–Trinajstić information content (AvgIpc) is 2.82. The van der Waals surface area contributed by atoms with E-state index >= 15 is 0 Å². The van der Waals surface area contributed by atoms with Crippen molar-refractivity contribution in [2.75, 3.05) is 13.7 Å². The van der Waals surface area contributed by atoms with Crippen molar-refractivity contribution in [1.29, 1.82) is 0 Å². The number of amides is 3. The van der Waals surface area contributed by atoms with Crippen LogP contribution in [0.2, 0.25) is 0 Å². The van der Waals surface area contributed by atoms with E-state index in [2.05, 4.69) is 30.8 Å². The fraction of sp³-hybridized carbons (Fsp3) is 0.522. The van der Waals surface area contributed by atoms with Crippen LogP contribution in [0.3, 0.4) is 0 Å². The molecule has 3 unspecified atom stereocenters. The van der Waals surface area contributed by atoms with Crippen molar-refractivity contribution in [3.8, 4) is 0 Å². The molecule has 12 heteroatoms. The number of thiocarbonyl (C=S) groups is 1. The maximum atomic E-state index is 12.9. The normalized spacial score (nSPS) is 13.1. The molecular formula is C23H35N5O6S. The maximum Gasteiger partial charge on any atom is 0.328 e. The van der Waals surface area contributed by atoms with E-state index < -0.39 is 41.8 Å². The summed E-state index contributed by atoms with van der Waals surface area (Å²) < 4.78 is 4.58. The van der Waals surface area contributed by atoms with E-state index in [-0.39, 0.29) is 6.61 Å². The minimum Gasteiger partial charge on any atom is -0.467 e. The molecule has 3 amide bonds. The van der Waals surface area contributed by atoms with Crippen molar-refractivity contribution in [2.45, 2.75) is 64.8 Å². The van der Waals surface area contributed by atoms with Crippen molar-refractivity contribution >= 4 is 40.9 Å². The molecule has 1 rings (SSSR count). The van der Waals surface area contributed by atoms with Gasteiger partial charge in [0, 0.05) is 12.1 Å². The topological polar surface area (TPSA) is 161 Å². The third kappa shape index (κ3) is 11.3. The predicted molar refractivity (Wildman–Crippen MR) is 134 cm³/mol. The average molecular weight is 510 g/mol. The lowest BCUT2D eigenvalue weighted by molar-refractivity contribution is -0.144. The second-order valence-electron chi connectivity index (χ2n) is 8.00. The Balaban J connectivity index is 2.82. The Hall–Kier alpha value is -3.09. The first-order chi connectivity index (χ1) is 16.6. The van der Waals surface area contributed by atoms with Crippen LogP contribution < -0.4 is 27.2 Å². The van der Waals surface area contributed by atoms with Crippen LogP contribution in [0.1, 0.15) is 56.0 Å². The Labute approximate surface area is 210 Å². The van der Waals surface area contributed by atoms with Gasteiger partial charge in [-0.2, -0.15) is 0 Å². The SMILES string of the molecule is COC(=O)C(C)NC(=O)C(C)NC(=O)C(CCCCNC(C)=S)NC(=O)c1ccc(CON)cc1. The number of nitrogens with two attached hydrogens (primary N) is 1. The van der Waals surface area contributed by atoms with Gasteiger partial charge >= 0.3 is 5.97 Å². The van der Waals surface area contributed by atoms with Gasteiger partial charge in [-0.3, -0.25) is 19.2 Å². The van der Waals surface area contributed by atoms with Crippen molar-refractivity contribution in [3.63, 3.8) is 0 Å². The Morgan fingerprint density at radius 2 is 1.60 bits per heavy atom. The number of benzene rings is 1. The molecule has 6 N–H and O–H groups in total. The van der Waals surface area contributed by atoms with Crippen LogP contribution in [0.5, 0.6) is 0 Å². The molecule has 0 aliphatic heterocycles. The van der Waals surface area contributed by atoms with Crippen LogP contribution in [0, 0.1) is 0 Å². The Morgan fingerprint density at radius 3 is 2.17 bits per heavy atom. The number of rotatable bonds is 14. The summed E-state index contributed by atoms with van der Waals surface area (Å²) >= 11 is 4.99. The quantitative estimate of drug-likeness (QED) is 0.104. The lowest BCUT2D eigenvalue weighted by Gasteiger charge is -2.22. The van der Waals surface area contributed by atoms with Gasteiger partial charge in [0.1, 0.15) is 18.1 Å². The highest BCUT2D eigenvalue weighted by Gasteiger charge is 2.26. The zero-order chi connectivity index (χ0) is 26.4. The number of methoxy groups -OCH3 is 1. The standard InChI is InChI=1S/C23H35N5O6S/c1-14(20(29)27-15(2)23(32)33-4)26-22(31)19(7-5-6-12-25-16(3)35)28-21(30)18-10-8-17(9-11-18)13-34-24/h8-11,14-15,19H,5-7,12-13,24H2,1-4H3,(H,25,35)(H,26,31)(H,27,29)(H,28,30). The number of hydrogen-bond acceptors (Lipinski definition) is 8. The molecule has 0 heterocycles. The van der Waals surface area contributed by atoms with Gasteiger partial charge in [0.15, 0.2) is 0 Å². The molecule has 0 radical (unpaired) electrons. The van der Waals surface area contributed by atoms with E-state index in [1.165, 1.54) is 21.0 Å². The minimum absolute atomic E-state index is 0.205. The number of carbonyl (C=O) groups is 4. The van der Waals surface area contributed by atoms with Gasteiger partial charge < -0.3 is 26.0 Å². The van der Waals surface area contributed by atoms with E-state index in [9.17, 15) is 19.2 Å².